The fourth-order valence-electron chi connectivity index (χ4n) is 1.34. The normalized spacial score (nSPS) is 11.0. The van der Waals surface area contributed by atoms with E-state index in [9.17, 15) is 13.2 Å². The Bertz CT molecular complexity index is 435. The second-order valence-electron chi connectivity index (χ2n) is 2.98. The Morgan fingerprint density at radius 1 is 1.44 bits per heavy atom. The highest BCUT2D eigenvalue weighted by Gasteiger charge is 2.36. The molecule has 0 aromatic heterocycles. The summed E-state index contributed by atoms with van der Waals surface area (Å²) in [5.41, 5.74) is -2.04. The van der Waals surface area contributed by atoms with Crippen molar-refractivity contribution < 1.29 is 23.0 Å². The van der Waals surface area contributed by atoms with Gasteiger partial charge in [-0.25, -0.2) is 0 Å². The molecule has 16 heavy (non-hydrogen) atoms. The number of aliphatic hydroxyl groups is 1. The molecule has 0 atom stereocenters. The van der Waals surface area contributed by atoms with Gasteiger partial charge in [0.1, 0.15) is 5.75 Å². The van der Waals surface area contributed by atoms with Crippen molar-refractivity contribution in [2.45, 2.75) is 12.8 Å². The molecule has 1 aromatic rings. The molecule has 0 aliphatic carbocycles. The molecule has 0 bridgehead atoms. The lowest BCUT2D eigenvalue weighted by Crippen LogP contribution is -2.12. The van der Waals surface area contributed by atoms with Gasteiger partial charge in [-0.05, 0) is 17.7 Å². The first kappa shape index (κ1) is 12.3. The molecule has 0 heterocycles. The van der Waals surface area contributed by atoms with Crippen molar-refractivity contribution in [3.8, 4) is 11.8 Å². The summed E-state index contributed by atoms with van der Waals surface area (Å²) in [6, 6.07) is 3.49. The van der Waals surface area contributed by atoms with Crippen LogP contribution in [0.25, 0.3) is 0 Å². The standard InChI is InChI=1S/C10H8F3NO2/c1-16-8-2-6(4-14)9(10(11,12)13)7(3-8)5-15/h2-3,15H,5H2,1H3. The van der Waals surface area contributed by atoms with Crippen molar-refractivity contribution >= 4 is 0 Å². The number of nitrogens with zero attached hydrogens (tertiary/aromatic N) is 1. The molecule has 0 aliphatic heterocycles. The molecular formula is C10H8F3NO2. The zero-order valence-electron chi connectivity index (χ0n) is 8.30. The summed E-state index contributed by atoms with van der Waals surface area (Å²) in [6.45, 7) is -0.805. The molecule has 3 nitrogen and oxygen atoms in total. The molecule has 0 fully saturated rings. The van der Waals surface area contributed by atoms with Crippen LogP contribution < -0.4 is 4.74 Å². The number of hydrogen-bond donors (Lipinski definition) is 1. The number of ether oxygens (including phenoxy) is 1. The summed E-state index contributed by atoms with van der Waals surface area (Å²) in [6.07, 6.45) is -4.67. The van der Waals surface area contributed by atoms with Crippen LogP contribution in [0.15, 0.2) is 12.1 Å². The van der Waals surface area contributed by atoms with Crippen LogP contribution in [-0.2, 0) is 12.8 Å². The third kappa shape index (κ3) is 2.25. The Morgan fingerprint density at radius 3 is 2.44 bits per heavy atom. The van der Waals surface area contributed by atoms with Gasteiger partial charge in [-0.2, -0.15) is 18.4 Å². The van der Waals surface area contributed by atoms with Crippen molar-refractivity contribution in [2.75, 3.05) is 7.11 Å². The summed E-state index contributed by atoms with van der Waals surface area (Å²) >= 11 is 0. The molecule has 1 aromatic carbocycles. The van der Waals surface area contributed by atoms with Gasteiger partial charge in [-0.3, -0.25) is 0 Å². The third-order valence-electron chi connectivity index (χ3n) is 2.00. The van der Waals surface area contributed by atoms with Crippen molar-refractivity contribution in [3.63, 3.8) is 0 Å². The number of alkyl halides is 3. The van der Waals surface area contributed by atoms with Gasteiger partial charge in [0.2, 0.25) is 0 Å². The molecule has 86 valence electrons. The van der Waals surface area contributed by atoms with E-state index >= 15 is 0 Å². The minimum Gasteiger partial charge on any atom is -0.497 e. The third-order valence-corrected chi connectivity index (χ3v) is 2.00. The van der Waals surface area contributed by atoms with Crippen LogP contribution in [0.2, 0.25) is 0 Å². The Hall–Kier alpha value is -1.74. The van der Waals surface area contributed by atoms with E-state index in [0.29, 0.717) is 0 Å². The van der Waals surface area contributed by atoms with Crippen LogP contribution >= 0.6 is 0 Å². The molecule has 0 unspecified atom stereocenters. The molecular weight excluding hydrogens is 223 g/mol. The predicted octanol–water partition coefficient (Wildman–Crippen LogP) is 2.08. The number of methoxy groups -OCH3 is 1. The number of nitriles is 1. The number of hydrogen-bond acceptors (Lipinski definition) is 3. The van der Waals surface area contributed by atoms with E-state index in [-0.39, 0.29) is 11.3 Å². The molecule has 0 radical (unpaired) electrons. The molecule has 0 amide bonds. The van der Waals surface area contributed by atoms with E-state index in [1.807, 2.05) is 0 Å². The van der Waals surface area contributed by atoms with Crippen molar-refractivity contribution in [1.29, 1.82) is 5.26 Å². The molecule has 0 saturated heterocycles. The molecule has 6 heteroatoms. The van der Waals surface area contributed by atoms with Gasteiger partial charge in [-0.1, -0.05) is 0 Å². The van der Waals surface area contributed by atoms with E-state index in [4.69, 9.17) is 15.1 Å². The maximum absolute atomic E-state index is 12.6. The first-order valence-electron chi connectivity index (χ1n) is 4.23. The maximum Gasteiger partial charge on any atom is 0.418 e. The highest BCUT2D eigenvalue weighted by molar-refractivity contribution is 5.49. The molecule has 0 aliphatic rings. The lowest BCUT2D eigenvalue weighted by atomic mass is 10.0. The number of rotatable bonds is 2. The van der Waals surface area contributed by atoms with Gasteiger partial charge in [0, 0.05) is 0 Å². The van der Waals surface area contributed by atoms with Gasteiger partial charge in [0.25, 0.3) is 0 Å². The largest absolute Gasteiger partial charge is 0.497 e. The minimum absolute atomic E-state index is 0.105. The number of benzene rings is 1. The van der Waals surface area contributed by atoms with E-state index < -0.39 is 23.9 Å². The monoisotopic (exact) mass is 231 g/mol. The Labute approximate surface area is 89.7 Å². The summed E-state index contributed by atoms with van der Waals surface area (Å²) < 4.78 is 42.6. The number of halogens is 3. The lowest BCUT2D eigenvalue weighted by molar-refractivity contribution is -0.138. The average Bonchev–Trinajstić information content (AvgIpc) is 2.25. The topological polar surface area (TPSA) is 53.2 Å². The summed E-state index contributed by atoms with van der Waals surface area (Å²) in [5.74, 6) is 0.105. The van der Waals surface area contributed by atoms with Crippen LogP contribution in [0.5, 0.6) is 5.75 Å². The van der Waals surface area contributed by atoms with Gasteiger partial charge < -0.3 is 9.84 Å². The molecule has 1 N–H and O–H groups in total. The van der Waals surface area contributed by atoms with E-state index in [1.165, 1.54) is 13.2 Å². The summed E-state index contributed by atoms with van der Waals surface area (Å²) in [5, 5.41) is 17.5. The van der Waals surface area contributed by atoms with Gasteiger partial charge in [-0.15, -0.1) is 0 Å². The van der Waals surface area contributed by atoms with Crippen LogP contribution in [-0.4, -0.2) is 12.2 Å². The predicted molar refractivity (Wildman–Crippen MR) is 48.6 cm³/mol. The minimum atomic E-state index is -4.67. The van der Waals surface area contributed by atoms with Crippen LogP contribution in [0.1, 0.15) is 16.7 Å². The van der Waals surface area contributed by atoms with Gasteiger partial charge in [0.15, 0.2) is 0 Å². The Kier molecular flexibility index (Phi) is 3.40. The second-order valence-corrected chi connectivity index (χ2v) is 2.98. The zero-order chi connectivity index (χ0) is 12.3. The van der Waals surface area contributed by atoms with Crippen molar-refractivity contribution in [1.82, 2.24) is 0 Å². The number of aliphatic hydroxyl groups excluding tert-OH is 1. The average molecular weight is 231 g/mol. The molecule has 0 spiro atoms. The Morgan fingerprint density at radius 2 is 2.06 bits per heavy atom. The first-order chi connectivity index (χ1) is 7.43. The van der Waals surface area contributed by atoms with Gasteiger partial charge in [0.05, 0.1) is 30.9 Å². The summed E-state index contributed by atoms with van der Waals surface area (Å²) in [4.78, 5) is 0. The van der Waals surface area contributed by atoms with Crippen molar-refractivity contribution in [2.24, 2.45) is 0 Å². The SMILES string of the molecule is COc1cc(C#N)c(C(F)(F)F)c(CO)c1. The highest BCUT2D eigenvalue weighted by atomic mass is 19.4. The summed E-state index contributed by atoms with van der Waals surface area (Å²) in [7, 11) is 1.27. The van der Waals surface area contributed by atoms with Crippen LogP contribution in [0.4, 0.5) is 13.2 Å². The van der Waals surface area contributed by atoms with Crippen LogP contribution in [0, 0.1) is 11.3 Å². The van der Waals surface area contributed by atoms with E-state index in [1.54, 1.807) is 0 Å². The van der Waals surface area contributed by atoms with E-state index in [0.717, 1.165) is 12.1 Å². The molecule has 1 rings (SSSR count). The lowest BCUT2D eigenvalue weighted by Gasteiger charge is -2.14. The quantitative estimate of drug-likeness (QED) is 0.847. The zero-order valence-corrected chi connectivity index (χ0v) is 8.30. The second kappa shape index (κ2) is 4.41. The van der Waals surface area contributed by atoms with Crippen LogP contribution in [0.3, 0.4) is 0 Å². The Balaban J connectivity index is 3.52. The maximum atomic E-state index is 12.6. The molecule has 0 saturated carbocycles. The van der Waals surface area contributed by atoms with Gasteiger partial charge >= 0.3 is 6.18 Å². The fraction of sp³-hybridized carbons (Fsp3) is 0.300. The van der Waals surface area contributed by atoms with E-state index in [2.05, 4.69) is 0 Å². The smallest absolute Gasteiger partial charge is 0.418 e. The highest BCUT2D eigenvalue weighted by Crippen LogP contribution is 2.36. The fourth-order valence-corrected chi connectivity index (χ4v) is 1.34. The van der Waals surface area contributed by atoms with Crippen molar-refractivity contribution in [3.05, 3.63) is 28.8 Å². The first-order valence-corrected chi connectivity index (χ1v) is 4.23.